The second-order valence-electron chi connectivity index (χ2n) is 5.70. The highest BCUT2D eigenvalue weighted by atomic mass is 16.4. The SMILES string of the molecule is CCCCCc1cccc2c(=O)c3cc(C(=O)O)ccc3oc12. The Balaban J connectivity index is 2.21. The fraction of sp³-hybridized carbons (Fsp3) is 0.263. The summed E-state index contributed by atoms with van der Waals surface area (Å²) in [7, 11) is 0. The first-order valence-corrected chi connectivity index (χ1v) is 7.83. The van der Waals surface area contributed by atoms with Crippen LogP contribution in [0.25, 0.3) is 21.9 Å². The zero-order chi connectivity index (χ0) is 16.4. The number of rotatable bonds is 5. The fourth-order valence-corrected chi connectivity index (χ4v) is 2.83. The molecule has 4 nitrogen and oxygen atoms in total. The third-order valence-electron chi connectivity index (χ3n) is 4.07. The number of aryl methyl sites for hydroxylation is 1. The van der Waals surface area contributed by atoms with Crippen molar-refractivity contribution in [3.8, 4) is 0 Å². The maximum atomic E-state index is 12.7. The summed E-state index contributed by atoms with van der Waals surface area (Å²) in [6, 6.07) is 9.97. The molecule has 2 aromatic carbocycles. The summed E-state index contributed by atoms with van der Waals surface area (Å²) < 4.78 is 5.93. The Morgan fingerprint density at radius 3 is 2.70 bits per heavy atom. The summed E-state index contributed by atoms with van der Waals surface area (Å²) in [5.74, 6) is -1.06. The Kier molecular flexibility index (Phi) is 4.15. The molecule has 3 rings (SSSR count). The number of carbonyl (C=O) groups is 1. The van der Waals surface area contributed by atoms with Crippen LogP contribution < -0.4 is 5.43 Å². The van der Waals surface area contributed by atoms with E-state index in [4.69, 9.17) is 9.52 Å². The lowest BCUT2D eigenvalue weighted by atomic mass is 10.0. The van der Waals surface area contributed by atoms with Gasteiger partial charge in [-0.25, -0.2) is 4.79 Å². The van der Waals surface area contributed by atoms with Gasteiger partial charge in [0.2, 0.25) is 5.43 Å². The molecule has 0 aliphatic carbocycles. The molecule has 1 N–H and O–H groups in total. The Morgan fingerprint density at radius 2 is 1.96 bits per heavy atom. The molecular formula is C19H18O4. The molecule has 1 heterocycles. The average molecular weight is 310 g/mol. The van der Waals surface area contributed by atoms with E-state index in [1.165, 1.54) is 12.1 Å². The first-order valence-electron chi connectivity index (χ1n) is 7.83. The van der Waals surface area contributed by atoms with E-state index in [2.05, 4.69) is 6.92 Å². The zero-order valence-electron chi connectivity index (χ0n) is 13.0. The minimum atomic E-state index is -1.06. The van der Waals surface area contributed by atoms with E-state index in [1.54, 1.807) is 12.1 Å². The smallest absolute Gasteiger partial charge is 0.335 e. The molecular weight excluding hydrogens is 292 g/mol. The van der Waals surface area contributed by atoms with E-state index in [0.29, 0.717) is 21.9 Å². The van der Waals surface area contributed by atoms with Crippen molar-refractivity contribution in [1.82, 2.24) is 0 Å². The molecule has 0 aliphatic heterocycles. The molecule has 0 unspecified atom stereocenters. The lowest BCUT2D eigenvalue weighted by molar-refractivity contribution is 0.0697. The minimum Gasteiger partial charge on any atom is -0.478 e. The summed E-state index contributed by atoms with van der Waals surface area (Å²) in [4.78, 5) is 23.8. The van der Waals surface area contributed by atoms with Crippen LogP contribution in [0.4, 0.5) is 0 Å². The highest BCUT2D eigenvalue weighted by Gasteiger charge is 2.13. The summed E-state index contributed by atoms with van der Waals surface area (Å²) in [5.41, 5.74) is 1.97. The van der Waals surface area contributed by atoms with Gasteiger partial charge in [-0.15, -0.1) is 0 Å². The lowest BCUT2D eigenvalue weighted by Crippen LogP contribution is -2.05. The molecule has 0 spiro atoms. The number of carboxylic acids is 1. The number of aromatic carboxylic acids is 1. The monoisotopic (exact) mass is 310 g/mol. The van der Waals surface area contributed by atoms with Crippen LogP contribution in [0.2, 0.25) is 0 Å². The van der Waals surface area contributed by atoms with E-state index in [9.17, 15) is 9.59 Å². The van der Waals surface area contributed by atoms with E-state index in [1.807, 2.05) is 12.1 Å². The predicted octanol–water partition coefficient (Wildman–Crippen LogP) is 4.38. The first kappa shape index (κ1) is 15.3. The highest BCUT2D eigenvalue weighted by molar-refractivity contribution is 5.96. The number of hydrogen-bond acceptors (Lipinski definition) is 3. The summed E-state index contributed by atoms with van der Waals surface area (Å²) >= 11 is 0. The van der Waals surface area contributed by atoms with Crippen LogP contribution in [0.5, 0.6) is 0 Å². The van der Waals surface area contributed by atoms with Crippen LogP contribution in [0, 0.1) is 0 Å². The number of unbranched alkanes of at least 4 members (excludes halogenated alkanes) is 2. The molecule has 4 heteroatoms. The van der Waals surface area contributed by atoms with Crippen molar-refractivity contribution in [2.45, 2.75) is 32.6 Å². The van der Waals surface area contributed by atoms with Gasteiger partial charge in [-0.05, 0) is 42.7 Å². The van der Waals surface area contributed by atoms with Gasteiger partial charge in [0.25, 0.3) is 0 Å². The van der Waals surface area contributed by atoms with Crippen molar-refractivity contribution < 1.29 is 14.3 Å². The van der Waals surface area contributed by atoms with E-state index < -0.39 is 5.97 Å². The third-order valence-corrected chi connectivity index (χ3v) is 4.07. The third kappa shape index (κ3) is 2.84. The van der Waals surface area contributed by atoms with Gasteiger partial charge < -0.3 is 9.52 Å². The Bertz CT molecular complexity index is 937. The molecule has 3 aromatic rings. The van der Waals surface area contributed by atoms with Crippen LogP contribution in [-0.4, -0.2) is 11.1 Å². The number of para-hydroxylation sites is 1. The first-order chi connectivity index (χ1) is 11.1. The van der Waals surface area contributed by atoms with Crippen molar-refractivity contribution in [1.29, 1.82) is 0 Å². The van der Waals surface area contributed by atoms with E-state index >= 15 is 0 Å². The molecule has 0 aliphatic rings. The largest absolute Gasteiger partial charge is 0.478 e. The molecule has 0 saturated carbocycles. The maximum absolute atomic E-state index is 12.7. The Hall–Kier alpha value is -2.62. The number of carboxylic acid groups (broad SMARTS) is 1. The van der Waals surface area contributed by atoms with Crippen LogP contribution in [0.1, 0.15) is 42.1 Å². The second kappa shape index (κ2) is 6.24. The molecule has 0 saturated heterocycles. The quantitative estimate of drug-likeness (QED) is 0.561. The van der Waals surface area contributed by atoms with Gasteiger partial charge in [-0.1, -0.05) is 31.9 Å². The van der Waals surface area contributed by atoms with Crippen molar-refractivity contribution in [3.05, 3.63) is 57.7 Å². The molecule has 0 fully saturated rings. The van der Waals surface area contributed by atoms with Crippen LogP contribution in [0.3, 0.4) is 0 Å². The molecule has 0 radical (unpaired) electrons. The summed E-state index contributed by atoms with van der Waals surface area (Å²) in [6.45, 7) is 2.15. The molecule has 0 atom stereocenters. The van der Waals surface area contributed by atoms with Gasteiger partial charge in [-0.3, -0.25) is 4.79 Å². The summed E-state index contributed by atoms with van der Waals surface area (Å²) in [6.07, 6.45) is 4.19. The standard InChI is InChI=1S/C19H18O4/c1-2-3-4-6-12-7-5-8-14-17(20)15-11-13(19(21)22)9-10-16(15)23-18(12)14/h5,7-11H,2-4,6H2,1H3,(H,21,22). The number of benzene rings is 2. The van der Waals surface area contributed by atoms with Crippen LogP contribution in [0.15, 0.2) is 45.6 Å². The summed E-state index contributed by atoms with van der Waals surface area (Å²) in [5, 5.41) is 9.90. The van der Waals surface area contributed by atoms with Gasteiger partial charge in [-0.2, -0.15) is 0 Å². The number of hydrogen-bond donors (Lipinski definition) is 1. The van der Waals surface area contributed by atoms with Crippen LogP contribution in [-0.2, 0) is 6.42 Å². The zero-order valence-corrected chi connectivity index (χ0v) is 13.0. The molecule has 0 bridgehead atoms. The van der Waals surface area contributed by atoms with Crippen molar-refractivity contribution >= 4 is 27.9 Å². The van der Waals surface area contributed by atoms with Crippen molar-refractivity contribution in [2.24, 2.45) is 0 Å². The van der Waals surface area contributed by atoms with Gasteiger partial charge in [0.15, 0.2) is 0 Å². The normalized spacial score (nSPS) is 11.2. The maximum Gasteiger partial charge on any atom is 0.335 e. The van der Waals surface area contributed by atoms with Crippen molar-refractivity contribution in [2.75, 3.05) is 0 Å². The predicted molar refractivity (Wildman–Crippen MR) is 90.2 cm³/mol. The van der Waals surface area contributed by atoms with Gasteiger partial charge in [0.1, 0.15) is 11.2 Å². The van der Waals surface area contributed by atoms with Crippen molar-refractivity contribution in [3.63, 3.8) is 0 Å². The molecule has 1 aromatic heterocycles. The molecule has 0 amide bonds. The molecule has 23 heavy (non-hydrogen) atoms. The Morgan fingerprint density at radius 1 is 1.13 bits per heavy atom. The van der Waals surface area contributed by atoms with Gasteiger partial charge in [0, 0.05) is 0 Å². The lowest BCUT2D eigenvalue weighted by Gasteiger charge is -2.07. The highest BCUT2D eigenvalue weighted by Crippen LogP contribution is 2.24. The van der Waals surface area contributed by atoms with E-state index in [-0.39, 0.29) is 11.0 Å². The van der Waals surface area contributed by atoms with Crippen LogP contribution >= 0.6 is 0 Å². The second-order valence-corrected chi connectivity index (χ2v) is 5.70. The minimum absolute atomic E-state index is 0.0863. The topological polar surface area (TPSA) is 67.5 Å². The fourth-order valence-electron chi connectivity index (χ4n) is 2.83. The van der Waals surface area contributed by atoms with Gasteiger partial charge >= 0.3 is 5.97 Å². The Labute approximate surface area is 133 Å². The van der Waals surface area contributed by atoms with E-state index in [0.717, 1.165) is 31.2 Å². The molecule has 118 valence electrons. The number of fused-ring (bicyclic) bond motifs is 2. The average Bonchev–Trinajstić information content (AvgIpc) is 2.55. The van der Waals surface area contributed by atoms with Gasteiger partial charge in [0.05, 0.1) is 16.3 Å².